The van der Waals surface area contributed by atoms with E-state index in [-0.39, 0.29) is 0 Å². The van der Waals surface area contributed by atoms with Crippen molar-refractivity contribution >= 4 is 0 Å². The van der Waals surface area contributed by atoms with Gasteiger partial charge in [-0.3, -0.25) is 0 Å². The lowest BCUT2D eigenvalue weighted by Gasteiger charge is -2.17. The monoisotopic (exact) mass is 1600 g/mol. The summed E-state index contributed by atoms with van der Waals surface area (Å²) in [5.74, 6) is 0. The van der Waals surface area contributed by atoms with Crippen LogP contribution in [0, 0.1) is 34.6 Å². The fourth-order valence-electron chi connectivity index (χ4n) is 16.7. The Morgan fingerprint density at radius 3 is 0.664 bits per heavy atom. The van der Waals surface area contributed by atoms with Gasteiger partial charge in [-0.05, 0) is 225 Å². The molecule has 0 radical (unpaired) electrons. The Morgan fingerprint density at radius 2 is 0.312 bits per heavy atom. The molecule has 0 aliphatic carbocycles. The summed E-state index contributed by atoms with van der Waals surface area (Å²) in [5, 5.41) is 0. The van der Waals surface area contributed by atoms with Crippen molar-refractivity contribution < 1.29 is 0 Å². The first-order valence-corrected chi connectivity index (χ1v) is 43.2. The van der Waals surface area contributed by atoms with Crippen LogP contribution >= 0.6 is 0 Å². The molecule has 20 aromatic rings. The molecule has 125 heavy (non-hydrogen) atoms. The number of aryl methyl sites for hydroxylation is 5. The first-order valence-electron chi connectivity index (χ1n) is 43.2. The van der Waals surface area contributed by atoms with Crippen molar-refractivity contribution in [2.75, 3.05) is 0 Å². The van der Waals surface area contributed by atoms with Gasteiger partial charge in [0.05, 0.1) is 0 Å². The molecule has 0 fully saturated rings. The maximum absolute atomic E-state index is 2.30. The summed E-state index contributed by atoms with van der Waals surface area (Å²) in [6, 6.07) is 183. The van der Waals surface area contributed by atoms with Crippen molar-refractivity contribution in [1.29, 1.82) is 0 Å². The summed E-state index contributed by atoms with van der Waals surface area (Å²) in [5.41, 5.74) is 44.3. The van der Waals surface area contributed by atoms with E-state index in [0.29, 0.717) is 0 Å². The molecule has 600 valence electrons. The second-order valence-corrected chi connectivity index (χ2v) is 31.7. The molecule has 0 nitrogen and oxygen atoms in total. The van der Waals surface area contributed by atoms with Gasteiger partial charge < -0.3 is 0 Å². The Hall–Kier alpha value is -15.6. The van der Waals surface area contributed by atoms with E-state index >= 15 is 0 Å². The Bertz CT molecular complexity index is 6810. The lowest BCUT2D eigenvalue weighted by molar-refractivity contribution is 1.45. The largest absolute Gasteiger partial charge is 0.0622 e. The highest BCUT2D eigenvalue weighted by Gasteiger charge is 2.19. The van der Waals surface area contributed by atoms with Gasteiger partial charge in [0.1, 0.15) is 0 Å². The molecule has 0 saturated carbocycles. The van der Waals surface area contributed by atoms with Gasteiger partial charge in [0.25, 0.3) is 0 Å². The molecular weight excluding hydrogens is 1500 g/mol. The minimum atomic E-state index is 1.24. The summed E-state index contributed by atoms with van der Waals surface area (Å²) < 4.78 is 0. The van der Waals surface area contributed by atoms with Crippen molar-refractivity contribution in [3.8, 4) is 167 Å². The topological polar surface area (TPSA) is 0 Å². The Morgan fingerprint density at radius 1 is 0.0960 bits per heavy atom. The summed E-state index contributed by atoms with van der Waals surface area (Å²) in [4.78, 5) is 0. The Labute approximate surface area is 739 Å². The van der Waals surface area contributed by atoms with Crippen LogP contribution in [0.3, 0.4) is 0 Å². The number of rotatable bonds is 15. The molecule has 0 heterocycles. The van der Waals surface area contributed by atoms with Gasteiger partial charge in [-0.25, -0.2) is 0 Å². The highest BCUT2D eigenvalue weighted by Crippen LogP contribution is 2.45. The number of hydrogen-bond donors (Lipinski definition) is 0. The molecule has 0 spiro atoms. The standard InChI is InChI=1S/5C25H20/c1-19-11-10-18-23(21-14-6-3-7-15-21)25(19)24-17-9-8-16-22(24)20-12-4-2-5-13-20;1-19-9-8-14-22(15-19)25-17-23(20-10-4-2-5-11-20)16-24(18-25)21-12-6-3-7-13-21;1-19-16-17-23(21-12-6-3-7-13-21)25(18-19)24-15-9-8-14-22(24)20-10-4-2-5-11-20;1-19-10-9-13-21(18-19)23-15-6-8-17-25(23)24-16-7-5-14-22(24)20-11-3-2-4-12-20;1-19-15-17-21(18-16-19)23-12-6-8-14-25(23)24-13-7-5-11-22(24)20-9-3-2-4-10-20/h5*2-18H,1H3. The molecule has 0 unspecified atom stereocenters. The maximum Gasteiger partial charge on any atom is -0.00699 e. The number of hydrogen-bond acceptors (Lipinski definition) is 0. The Kier molecular flexibility index (Phi) is 27.3. The zero-order valence-electron chi connectivity index (χ0n) is 71.6. The molecule has 0 bridgehead atoms. The van der Waals surface area contributed by atoms with Crippen LogP contribution in [-0.4, -0.2) is 0 Å². The predicted octanol–water partition coefficient (Wildman–Crippen LogP) is 35.0. The van der Waals surface area contributed by atoms with E-state index in [1.54, 1.807) is 0 Å². The van der Waals surface area contributed by atoms with Gasteiger partial charge in [0.2, 0.25) is 0 Å². The van der Waals surface area contributed by atoms with Gasteiger partial charge in [0.15, 0.2) is 0 Å². The van der Waals surface area contributed by atoms with Crippen LogP contribution < -0.4 is 0 Å². The van der Waals surface area contributed by atoms with Crippen molar-refractivity contribution in [1.82, 2.24) is 0 Å². The molecule has 20 aromatic carbocycles. The average Bonchev–Trinajstić information content (AvgIpc) is 0.437. The van der Waals surface area contributed by atoms with Crippen LogP contribution in [0.4, 0.5) is 0 Å². The average molecular weight is 1600 g/mol. The first kappa shape index (κ1) is 83.1. The smallest absolute Gasteiger partial charge is 0.00699 e. The molecule has 0 N–H and O–H groups in total. The molecule has 0 aliphatic rings. The molecule has 20 rings (SSSR count). The second kappa shape index (κ2) is 41.1. The van der Waals surface area contributed by atoms with E-state index in [2.05, 4.69) is 550 Å². The van der Waals surface area contributed by atoms with Crippen LogP contribution in [0.2, 0.25) is 0 Å². The minimum absolute atomic E-state index is 1.24. The van der Waals surface area contributed by atoms with Gasteiger partial charge in [-0.15, -0.1) is 0 Å². The third kappa shape index (κ3) is 20.7. The van der Waals surface area contributed by atoms with Crippen LogP contribution in [0.1, 0.15) is 27.8 Å². The highest BCUT2D eigenvalue weighted by molar-refractivity contribution is 5.97. The van der Waals surface area contributed by atoms with Crippen LogP contribution in [-0.2, 0) is 0 Å². The molecule has 0 aromatic heterocycles. The molecule has 0 aliphatic heterocycles. The van der Waals surface area contributed by atoms with Crippen molar-refractivity contribution in [3.05, 3.63) is 543 Å². The normalized spacial score (nSPS) is 10.6. The zero-order valence-corrected chi connectivity index (χ0v) is 71.6. The van der Waals surface area contributed by atoms with Gasteiger partial charge in [-0.1, -0.05) is 520 Å². The van der Waals surface area contributed by atoms with Crippen LogP contribution in [0.15, 0.2) is 516 Å². The molecule has 0 saturated heterocycles. The van der Waals surface area contributed by atoms with E-state index in [0.717, 1.165) is 0 Å². The van der Waals surface area contributed by atoms with Gasteiger partial charge in [0, 0.05) is 0 Å². The lowest BCUT2D eigenvalue weighted by Crippen LogP contribution is -1.92. The third-order valence-corrected chi connectivity index (χ3v) is 22.8. The second-order valence-electron chi connectivity index (χ2n) is 31.7. The summed E-state index contributed by atoms with van der Waals surface area (Å²) in [6.45, 7) is 10.8. The molecule has 0 atom stereocenters. The fourth-order valence-corrected chi connectivity index (χ4v) is 16.7. The van der Waals surface area contributed by atoms with Crippen molar-refractivity contribution in [2.24, 2.45) is 0 Å². The van der Waals surface area contributed by atoms with E-state index < -0.39 is 0 Å². The van der Waals surface area contributed by atoms with Gasteiger partial charge in [-0.2, -0.15) is 0 Å². The summed E-state index contributed by atoms with van der Waals surface area (Å²) in [7, 11) is 0. The summed E-state index contributed by atoms with van der Waals surface area (Å²) in [6.07, 6.45) is 0. The van der Waals surface area contributed by atoms with E-state index in [1.807, 2.05) is 0 Å². The quantitative estimate of drug-likeness (QED) is 0.0960. The maximum atomic E-state index is 2.30. The Balaban J connectivity index is 0.000000115. The van der Waals surface area contributed by atoms with E-state index in [4.69, 9.17) is 0 Å². The molecule has 0 amide bonds. The van der Waals surface area contributed by atoms with E-state index in [9.17, 15) is 0 Å². The SMILES string of the molecule is Cc1ccc(-c2ccccc2)c(-c2ccccc2-c2ccccc2)c1.Cc1ccc(-c2ccccc2-c2ccccc2-c2ccccc2)cc1.Cc1cccc(-c2cc(-c3ccccc3)cc(-c3ccccc3)c2)c1.Cc1cccc(-c2ccccc2)c1-c1ccccc1-c1ccccc1.Cc1cccc(-c2ccccc2-c2ccccc2-c2ccccc2)c1. The third-order valence-electron chi connectivity index (χ3n) is 22.8. The zero-order chi connectivity index (χ0) is 85.3. The number of benzene rings is 20. The van der Waals surface area contributed by atoms with E-state index in [1.165, 1.54) is 195 Å². The van der Waals surface area contributed by atoms with Gasteiger partial charge >= 0.3 is 0 Å². The van der Waals surface area contributed by atoms with Crippen molar-refractivity contribution in [2.45, 2.75) is 34.6 Å². The summed E-state index contributed by atoms with van der Waals surface area (Å²) >= 11 is 0. The minimum Gasteiger partial charge on any atom is -0.0622 e. The first-order chi connectivity index (χ1) is 61.6. The lowest BCUT2D eigenvalue weighted by atomic mass is 9.87. The van der Waals surface area contributed by atoms with Crippen LogP contribution in [0.5, 0.6) is 0 Å². The van der Waals surface area contributed by atoms with Crippen LogP contribution in [0.25, 0.3) is 167 Å². The molecular formula is C125H100. The molecule has 0 heteroatoms. The fraction of sp³-hybridized carbons (Fsp3) is 0.0400. The highest BCUT2D eigenvalue weighted by atomic mass is 14.2. The van der Waals surface area contributed by atoms with Crippen molar-refractivity contribution in [3.63, 3.8) is 0 Å². The predicted molar refractivity (Wildman–Crippen MR) is 537 cm³/mol.